The highest BCUT2D eigenvalue weighted by atomic mass is 14.6. The lowest BCUT2D eigenvalue weighted by molar-refractivity contribution is 1.33. The maximum Gasteiger partial charge on any atom is 0.0346 e. The fourth-order valence-corrected chi connectivity index (χ4v) is 12.3. The molecule has 15 rings (SSSR count). The van der Waals surface area contributed by atoms with Crippen LogP contribution in [0, 0.1) is 0 Å². The molecule has 0 bridgehead atoms. The highest BCUT2D eigenvalue weighted by Crippen LogP contribution is 2.43. The van der Waals surface area contributed by atoms with Crippen LogP contribution in [0.3, 0.4) is 0 Å². The summed E-state index contributed by atoms with van der Waals surface area (Å²) < 4.78 is 0. The molecule has 80 heavy (non-hydrogen) atoms. The first-order valence-electron chi connectivity index (χ1n) is 27.5. The van der Waals surface area contributed by atoms with Crippen LogP contribution in [0.15, 0.2) is 310 Å². The fraction of sp³-hybridized carbons (Fsp3) is 0. The van der Waals surface area contributed by atoms with E-state index >= 15 is 0 Å². The summed E-state index contributed by atoms with van der Waals surface area (Å²) in [4.78, 5) is 4.89. The van der Waals surface area contributed by atoms with Crippen molar-refractivity contribution < 1.29 is 0 Å². The SMILES string of the molecule is c1ccc(-c2cc(-c3ccccc3)c3ccc(-c4cc(-c5cccc(-c6cncc(-c7ccc8c9ccccc9c9ccccc9c8c7)c6)c5)cc(-c5ccc6c(-c7ccccc7)cc(-c7ccccc7)cc6c5)c4)cc3c2)cc1. The van der Waals surface area contributed by atoms with Gasteiger partial charge < -0.3 is 0 Å². The van der Waals surface area contributed by atoms with E-state index in [0.717, 1.165) is 55.6 Å². The Morgan fingerprint density at radius 2 is 0.438 bits per heavy atom. The second-order valence-electron chi connectivity index (χ2n) is 21.1. The Morgan fingerprint density at radius 3 is 0.887 bits per heavy atom. The van der Waals surface area contributed by atoms with Crippen LogP contribution < -0.4 is 0 Å². The number of benzene rings is 14. The first-order valence-corrected chi connectivity index (χ1v) is 27.5. The zero-order valence-corrected chi connectivity index (χ0v) is 43.9. The van der Waals surface area contributed by atoms with E-state index in [1.807, 2.05) is 12.4 Å². The Bertz CT molecular complexity index is 4630. The third-order valence-electron chi connectivity index (χ3n) is 16.2. The van der Waals surface area contributed by atoms with Crippen molar-refractivity contribution in [3.8, 4) is 100 Å². The summed E-state index contributed by atoms with van der Waals surface area (Å²) in [6.07, 6.45) is 4.00. The maximum atomic E-state index is 4.89. The van der Waals surface area contributed by atoms with E-state index in [4.69, 9.17) is 4.98 Å². The highest BCUT2D eigenvalue weighted by molar-refractivity contribution is 6.25. The summed E-state index contributed by atoms with van der Waals surface area (Å²) >= 11 is 0. The van der Waals surface area contributed by atoms with Gasteiger partial charge in [0.15, 0.2) is 0 Å². The minimum atomic E-state index is 1.07. The minimum absolute atomic E-state index is 1.07. The third-order valence-corrected chi connectivity index (χ3v) is 16.2. The van der Waals surface area contributed by atoms with E-state index < -0.39 is 0 Å². The normalized spacial score (nSPS) is 11.5. The first-order chi connectivity index (χ1) is 39.6. The Labute approximate surface area is 466 Å². The Hall–Kier alpha value is -10.5. The van der Waals surface area contributed by atoms with Crippen molar-refractivity contribution in [3.05, 3.63) is 310 Å². The molecule has 0 spiro atoms. The molecule has 0 N–H and O–H groups in total. The zero-order valence-electron chi connectivity index (χ0n) is 43.9. The lowest BCUT2D eigenvalue weighted by atomic mass is 9.88. The summed E-state index contributed by atoms with van der Waals surface area (Å²) in [6.45, 7) is 0. The number of pyridine rings is 1. The van der Waals surface area contributed by atoms with Crippen LogP contribution in [0.1, 0.15) is 0 Å². The largest absolute Gasteiger partial charge is 0.263 e. The molecular weight excluding hydrogens is 963 g/mol. The molecule has 0 unspecified atom stereocenters. The second kappa shape index (κ2) is 19.8. The molecule has 0 aliphatic carbocycles. The molecule has 0 atom stereocenters. The maximum absolute atomic E-state index is 4.89. The van der Waals surface area contributed by atoms with Gasteiger partial charge in [0.1, 0.15) is 0 Å². The van der Waals surface area contributed by atoms with Gasteiger partial charge in [-0.2, -0.15) is 0 Å². The summed E-state index contributed by atoms with van der Waals surface area (Å²) in [5.74, 6) is 0. The van der Waals surface area contributed by atoms with Crippen LogP contribution in [-0.4, -0.2) is 4.98 Å². The van der Waals surface area contributed by atoms with Crippen LogP contribution >= 0.6 is 0 Å². The fourth-order valence-electron chi connectivity index (χ4n) is 12.3. The van der Waals surface area contributed by atoms with Crippen LogP contribution in [0.5, 0.6) is 0 Å². The van der Waals surface area contributed by atoms with Crippen LogP contribution in [0.2, 0.25) is 0 Å². The van der Waals surface area contributed by atoms with Gasteiger partial charge >= 0.3 is 0 Å². The summed E-state index contributed by atoms with van der Waals surface area (Å²) in [7, 11) is 0. The van der Waals surface area contributed by atoms with E-state index in [-0.39, 0.29) is 0 Å². The Balaban J connectivity index is 0.883. The highest BCUT2D eigenvalue weighted by Gasteiger charge is 2.16. The van der Waals surface area contributed by atoms with Crippen LogP contribution in [-0.2, 0) is 0 Å². The van der Waals surface area contributed by atoms with Gasteiger partial charge in [-0.05, 0) is 216 Å². The number of fused-ring (bicyclic) bond motifs is 8. The molecule has 1 nitrogen and oxygen atoms in total. The number of nitrogens with zero attached hydrogens (tertiary/aromatic N) is 1. The van der Waals surface area contributed by atoms with Crippen LogP contribution in [0.25, 0.3) is 154 Å². The van der Waals surface area contributed by atoms with Gasteiger partial charge in [-0.1, -0.05) is 224 Å². The van der Waals surface area contributed by atoms with Crippen molar-refractivity contribution in [1.29, 1.82) is 0 Å². The lowest BCUT2D eigenvalue weighted by Gasteiger charge is -2.16. The molecule has 372 valence electrons. The van der Waals surface area contributed by atoms with Crippen molar-refractivity contribution in [2.45, 2.75) is 0 Å². The van der Waals surface area contributed by atoms with E-state index in [2.05, 4.69) is 297 Å². The standard InChI is InChI=1S/C79H51N/c1-5-18-52(19-6-1)64-44-66-39-58(32-35-70(66)77(48-64)54-22-9-3-10-23-54)62-41-61(42-63(43-62)59-33-36-71-67(40-59)45-65(53-20-7-2-8-21-53)49-78(71)55-24-11-4-12-25-55)56-26-17-27-57(38-56)68-46-69(51-80-50-68)60-34-37-76-74-30-14-13-28-72(74)73-29-15-16-31-75(73)79(76)47-60/h1-51H. The Morgan fingerprint density at radius 1 is 0.150 bits per heavy atom. The molecule has 0 amide bonds. The molecule has 14 aromatic carbocycles. The van der Waals surface area contributed by atoms with Crippen molar-refractivity contribution in [2.24, 2.45) is 0 Å². The summed E-state index contributed by atoms with van der Waals surface area (Å²) in [5.41, 5.74) is 21.0. The molecule has 0 aliphatic rings. The Kier molecular flexibility index (Phi) is 11.6. The summed E-state index contributed by atoms with van der Waals surface area (Å²) in [6, 6.07) is 109. The van der Waals surface area contributed by atoms with Gasteiger partial charge in [0.2, 0.25) is 0 Å². The predicted molar refractivity (Wildman–Crippen MR) is 341 cm³/mol. The topological polar surface area (TPSA) is 12.9 Å². The van der Waals surface area contributed by atoms with Gasteiger partial charge in [-0.25, -0.2) is 0 Å². The molecule has 0 saturated carbocycles. The van der Waals surface area contributed by atoms with E-state index in [9.17, 15) is 0 Å². The molecule has 0 radical (unpaired) electrons. The molecule has 1 aromatic heterocycles. The molecule has 0 saturated heterocycles. The van der Waals surface area contributed by atoms with Crippen molar-refractivity contribution in [3.63, 3.8) is 0 Å². The van der Waals surface area contributed by atoms with Gasteiger partial charge in [-0.15, -0.1) is 0 Å². The van der Waals surface area contributed by atoms with E-state index in [1.165, 1.54) is 98.4 Å². The molecule has 0 fully saturated rings. The molecule has 15 aromatic rings. The third kappa shape index (κ3) is 8.59. The minimum Gasteiger partial charge on any atom is -0.263 e. The van der Waals surface area contributed by atoms with Gasteiger partial charge in [0.25, 0.3) is 0 Å². The number of rotatable bonds is 9. The number of aromatic nitrogens is 1. The first kappa shape index (κ1) is 46.8. The van der Waals surface area contributed by atoms with E-state index in [1.54, 1.807) is 0 Å². The number of hydrogen-bond acceptors (Lipinski definition) is 1. The molecule has 1 heterocycles. The molecule has 0 aliphatic heterocycles. The van der Waals surface area contributed by atoms with E-state index in [0.29, 0.717) is 0 Å². The lowest BCUT2D eigenvalue weighted by Crippen LogP contribution is -1.90. The smallest absolute Gasteiger partial charge is 0.0346 e. The van der Waals surface area contributed by atoms with Crippen molar-refractivity contribution >= 4 is 53.9 Å². The average molecular weight is 1010 g/mol. The average Bonchev–Trinajstić information content (AvgIpc) is 3.68. The zero-order chi connectivity index (χ0) is 52.9. The quantitative estimate of drug-likeness (QED) is 0.131. The van der Waals surface area contributed by atoms with Gasteiger partial charge in [-0.3, -0.25) is 4.98 Å². The van der Waals surface area contributed by atoms with Gasteiger partial charge in [0.05, 0.1) is 0 Å². The van der Waals surface area contributed by atoms with Crippen molar-refractivity contribution in [2.75, 3.05) is 0 Å². The molecule has 1 heteroatoms. The number of hydrogen-bond donors (Lipinski definition) is 0. The second-order valence-corrected chi connectivity index (χ2v) is 21.1. The predicted octanol–water partition coefficient (Wildman–Crippen LogP) is 21.9. The van der Waals surface area contributed by atoms with Gasteiger partial charge in [0, 0.05) is 23.5 Å². The monoisotopic (exact) mass is 1010 g/mol. The van der Waals surface area contributed by atoms with Crippen LogP contribution in [0.4, 0.5) is 0 Å². The van der Waals surface area contributed by atoms with Crippen molar-refractivity contribution in [1.82, 2.24) is 4.98 Å². The molecular formula is C79H51N. The summed E-state index contributed by atoms with van der Waals surface area (Å²) in [5, 5.41) is 12.4.